The molecule has 1 aliphatic carbocycles. The molecule has 0 spiro atoms. The lowest BCUT2D eigenvalue weighted by molar-refractivity contribution is -0.120. The number of H-pyrrole nitrogens is 1. The van der Waals surface area contributed by atoms with Gasteiger partial charge in [0.15, 0.2) is 11.5 Å². The number of benzene rings is 1. The molecule has 11 heteroatoms. The van der Waals surface area contributed by atoms with E-state index in [1.54, 1.807) is 26.5 Å². The minimum atomic E-state index is -0.706. The van der Waals surface area contributed by atoms with Crippen LogP contribution in [0.2, 0.25) is 0 Å². The van der Waals surface area contributed by atoms with Crippen molar-refractivity contribution in [2.45, 2.75) is 45.7 Å². The average molecular weight is 550 g/mol. The van der Waals surface area contributed by atoms with Crippen molar-refractivity contribution in [3.63, 3.8) is 0 Å². The summed E-state index contributed by atoms with van der Waals surface area (Å²) >= 11 is 0. The first-order chi connectivity index (χ1) is 19.2. The topological polar surface area (TPSA) is 144 Å². The van der Waals surface area contributed by atoms with Crippen molar-refractivity contribution in [3.05, 3.63) is 58.0 Å². The molecule has 1 aliphatic rings. The third-order valence-electron chi connectivity index (χ3n) is 6.94. The van der Waals surface area contributed by atoms with Gasteiger partial charge in [-0.25, -0.2) is 0 Å². The third-order valence-corrected chi connectivity index (χ3v) is 6.94. The Morgan fingerprint density at radius 1 is 1.07 bits per heavy atom. The van der Waals surface area contributed by atoms with Gasteiger partial charge >= 0.3 is 0 Å². The van der Waals surface area contributed by atoms with Crippen LogP contribution in [0.15, 0.2) is 41.5 Å². The second kappa shape index (κ2) is 12.1. The largest absolute Gasteiger partial charge is 0.493 e. The summed E-state index contributed by atoms with van der Waals surface area (Å²) in [5.74, 6) is 0.762. The number of aryl methyl sites for hydroxylation is 1. The zero-order valence-electron chi connectivity index (χ0n) is 23.5. The molecule has 2 unspecified atom stereocenters. The van der Waals surface area contributed by atoms with E-state index in [0.29, 0.717) is 46.9 Å². The molecule has 1 heterocycles. The van der Waals surface area contributed by atoms with Gasteiger partial charge in [-0.15, -0.1) is 0 Å². The molecule has 0 saturated carbocycles. The maximum atomic E-state index is 13.6. The molecule has 0 fully saturated rings. The van der Waals surface area contributed by atoms with Crippen molar-refractivity contribution < 1.29 is 23.8 Å². The molecule has 212 valence electrons. The van der Waals surface area contributed by atoms with Crippen LogP contribution in [0.25, 0.3) is 11.1 Å². The number of methoxy groups -OCH3 is 3. The van der Waals surface area contributed by atoms with Crippen molar-refractivity contribution in [2.75, 3.05) is 32.0 Å². The minimum absolute atomic E-state index is 0.140. The standard InChI is InChI=1S/C29H35N5O6/c1-15(2)26(29(37)33-18-13-30-31-14-18)34-22-10-8-19-20(12-23(22)36)21(32-16(3)35)9-7-17-11-24(38-4)27(39-5)28(40-6)25(17)19/h8,10-15,21,26H,7,9H2,1-6H3,(H,30,31)(H,32,35)(H,33,37)(H,34,36). The SMILES string of the molecule is COc1cc2c(c(OC)c1OC)-c1ccc(NC(C(=O)Nc3cn[nH]c3)C(C)C)c(=O)cc1C(NC(C)=O)CC2. The Morgan fingerprint density at radius 2 is 1.82 bits per heavy atom. The van der Waals surface area contributed by atoms with Gasteiger partial charge in [-0.3, -0.25) is 19.5 Å². The molecular weight excluding hydrogens is 514 g/mol. The highest BCUT2D eigenvalue weighted by molar-refractivity contribution is 5.96. The fourth-order valence-corrected chi connectivity index (χ4v) is 5.07. The van der Waals surface area contributed by atoms with Crippen molar-refractivity contribution in [1.29, 1.82) is 0 Å². The second-order valence-corrected chi connectivity index (χ2v) is 9.94. The van der Waals surface area contributed by atoms with Gasteiger partial charge < -0.3 is 30.2 Å². The first-order valence-electron chi connectivity index (χ1n) is 13.0. The molecule has 1 aromatic heterocycles. The Hall–Kier alpha value is -4.54. The Balaban J connectivity index is 1.88. The predicted octanol–water partition coefficient (Wildman–Crippen LogP) is 3.66. The highest BCUT2D eigenvalue weighted by Gasteiger charge is 2.30. The molecule has 2 aromatic carbocycles. The number of fused-ring (bicyclic) bond motifs is 3. The van der Waals surface area contributed by atoms with Crippen LogP contribution in [0.1, 0.15) is 44.4 Å². The number of nitrogens with zero attached hydrogens (tertiary/aromatic N) is 1. The van der Waals surface area contributed by atoms with E-state index in [4.69, 9.17) is 14.2 Å². The van der Waals surface area contributed by atoms with E-state index in [0.717, 1.165) is 11.1 Å². The average Bonchev–Trinajstić information content (AvgIpc) is 3.32. The monoisotopic (exact) mass is 549 g/mol. The molecule has 40 heavy (non-hydrogen) atoms. The van der Waals surface area contributed by atoms with Crippen LogP contribution in [0, 0.1) is 5.92 Å². The molecule has 0 saturated heterocycles. The lowest BCUT2D eigenvalue weighted by Crippen LogP contribution is -2.39. The maximum absolute atomic E-state index is 13.6. The first-order valence-corrected chi connectivity index (χ1v) is 13.0. The summed E-state index contributed by atoms with van der Waals surface area (Å²) in [5, 5.41) is 15.5. The number of ether oxygens (including phenoxy) is 3. The van der Waals surface area contributed by atoms with Gasteiger partial charge in [0, 0.05) is 18.7 Å². The normalized spacial score (nSPS) is 14.7. The van der Waals surface area contributed by atoms with Gasteiger partial charge in [0.25, 0.3) is 0 Å². The van der Waals surface area contributed by atoms with Crippen LogP contribution in [0.4, 0.5) is 11.4 Å². The van der Waals surface area contributed by atoms with Gasteiger partial charge in [-0.2, -0.15) is 5.10 Å². The fourth-order valence-electron chi connectivity index (χ4n) is 5.07. The molecule has 2 atom stereocenters. The van der Waals surface area contributed by atoms with Gasteiger partial charge in [-0.1, -0.05) is 19.9 Å². The lowest BCUT2D eigenvalue weighted by atomic mass is 9.95. The van der Waals surface area contributed by atoms with E-state index in [1.807, 2.05) is 26.0 Å². The van der Waals surface area contributed by atoms with Crippen molar-refractivity contribution in [2.24, 2.45) is 5.92 Å². The van der Waals surface area contributed by atoms with E-state index < -0.39 is 12.1 Å². The Kier molecular flexibility index (Phi) is 8.61. The Bertz CT molecular complexity index is 1450. The number of hydrogen-bond acceptors (Lipinski definition) is 8. The van der Waals surface area contributed by atoms with E-state index in [9.17, 15) is 14.4 Å². The van der Waals surface area contributed by atoms with E-state index >= 15 is 0 Å². The smallest absolute Gasteiger partial charge is 0.247 e. The minimum Gasteiger partial charge on any atom is -0.493 e. The van der Waals surface area contributed by atoms with Gasteiger partial charge in [0.2, 0.25) is 23.0 Å². The first kappa shape index (κ1) is 28.5. The van der Waals surface area contributed by atoms with Crippen LogP contribution in [-0.4, -0.2) is 49.4 Å². The number of aromatic amines is 1. The summed E-state index contributed by atoms with van der Waals surface area (Å²) in [6, 6.07) is 5.77. The fraction of sp³-hybridized carbons (Fsp3) is 0.379. The number of nitrogens with one attached hydrogen (secondary N) is 4. The lowest BCUT2D eigenvalue weighted by Gasteiger charge is -2.21. The van der Waals surface area contributed by atoms with Crippen molar-refractivity contribution >= 4 is 23.2 Å². The van der Waals surface area contributed by atoms with Gasteiger partial charge in [-0.05, 0) is 53.6 Å². The zero-order chi connectivity index (χ0) is 29.0. The molecule has 2 amide bonds. The molecule has 0 aliphatic heterocycles. The number of hydrogen-bond donors (Lipinski definition) is 4. The van der Waals surface area contributed by atoms with E-state index in [2.05, 4.69) is 26.1 Å². The molecule has 4 rings (SSSR count). The van der Waals surface area contributed by atoms with Crippen LogP contribution in [0.5, 0.6) is 17.2 Å². The number of carbonyl (C=O) groups excluding carboxylic acids is 2. The number of aromatic nitrogens is 2. The summed E-state index contributed by atoms with van der Waals surface area (Å²) in [7, 11) is 4.64. The Labute approximate surface area is 232 Å². The molecular formula is C29H35N5O6. The summed E-state index contributed by atoms with van der Waals surface area (Å²) in [6.45, 7) is 5.23. The molecule has 11 nitrogen and oxygen atoms in total. The van der Waals surface area contributed by atoms with E-state index in [1.165, 1.54) is 26.3 Å². The Morgan fingerprint density at radius 3 is 2.42 bits per heavy atom. The second-order valence-electron chi connectivity index (χ2n) is 9.94. The van der Waals surface area contributed by atoms with Crippen LogP contribution in [-0.2, 0) is 16.0 Å². The zero-order valence-corrected chi connectivity index (χ0v) is 23.5. The van der Waals surface area contributed by atoms with Crippen molar-refractivity contribution in [1.82, 2.24) is 15.5 Å². The van der Waals surface area contributed by atoms with E-state index in [-0.39, 0.29) is 28.8 Å². The van der Waals surface area contributed by atoms with Crippen molar-refractivity contribution in [3.8, 4) is 28.4 Å². The number of anilines is 2. The quantitative estimate of drug-likeness (QED) is 0.317. The van der Waals surface area contributed by atoms with Crippen LogP contribution in [0.3, 0.4) is 0 Å². The maximum Gasteiger partial charge on any atom is 0.247 e. The number of amides is 2. The summed E-state index contributed by atoms with van der Waals surface area (Å²) in [4.78, 5) is 38.9. The summed E-state index contributed by atoms with van der Waals surface area (Å²) in [5.41, 5.74) is 3.48. The molecule has 0 bridgehead atoms. The van der Waals surface area contributed by atoms with Gasteiger partial charge in [0.05, 0.1) is 44.9 Å². The molecule has 3 aromatic rings. The van der Waals surface area contributed by atoms with Crippen LogP contribution >= 0.6 is 0 Å². The number of rotatable bonds is 9. The van der Waals surface area contributed by atoms with Crippen LogP contribution < -0.4 is 35.6 Å². The highest BCUT2D eigenvalue weighted by Crippen LogP contribution is 2.50. The predicted molar refractivity (Wildman–Crippen MR) is 152 cm³/mol. The summed E-state index contributed by atoms with van der Waals surface area (Å²) < 4.78 is 17.0. The number of carbonyl (C=O) groups is 2. The third kappa shape index (κ3) is 5.73. The highest BCUT2D eigenvalue weighted by atomic mass is 16.5. The summed E-state index contributed by atoms with van der Waals surface area (Å²) in [6.07, 6.45) is 4.22. The molecule has 0 radical (unpaired) electrons. The molecule has 4 N–H and O–H groups in total. The van der Waals surface area contributed by atoms with Gasteiger partial charge in [0.1, 0.15) is 6.04 Å².